The highest BCUT2D eigenvalue weighted by molar-refractivity contribution is 4.69. The van der Waals surface area contributed by atoms with E-state index in [-0.39, 0.29) is 0 Å². The molecule has 0 aliphatic carbocycles. The molecule has 0 saturated carbocycles. The van der Waals surface area contributed by atoms with Gasteiger partial charge in [-0.25, -0.2) is 15.5 Å². The van der Waals surface area contributed by atoms with E-state index in [4.69, 9.17) is 5.84 Å². The Morgan fingerprint density at radius 3 is 2.67 bits per heavy atom. The third-order valence-electron chi connectivity index (χ3n) is 0.504. The van der Waals surface area contributed by atoms with E-state index in [0.717, 1.165) is 4.68 Å². The first-order valence-electron chi connectivity index (χ1n) is 1.59. The molecule has 0 spiro atoms. The fourth-order valence-electron chi connectivity index (χ4n) is 0.259. The first-order chi connectivity index (χ1) is 2.89. The minimum absolute atomic E-state index is 1.14. The van der Waals surface area contributed by atoms with Gasteiger partial charge in [0.1, 0.15) is 6.33 Å². The molecule has 3 nitrogen and oxygen atoms in total. The molecule has 31 valence electrons. The van der Waals surface area contributed by atoms with E-state index in [1.165, 1.54) is 6.33 Å². The second kappa shape index (κ2) is 1.01. The van der Waals surface area contributed by atoms with Crippen LogP contribution in [0.3, 0.4) is 0 Å². The van der Waals surface area contributed by atoms with Crippen molar-refractivity contribution in [2.45, 2.75) is 0 Å². The summed E-state index contributed by atoms with van der Waals surface area (Å²) < 4.78 is 1.14. The van der Waals surface area contributed by atoms with Crippen LogP contribution in [0.5, 0.6) is 0 Å². The van der Waals surface area contributed by atoms with Gasteiger partial charge < -0.3 is 0 Å². The lowest BCUT2D eigenvalue weighted by atomic mass is 11.0. The predicted octanol–water partition coefficient (Wildman–Crippen LogP) is -0.0709. The van der Waals surface area contributed by atoms with Gasteiger partial charge in [0.05, 0.1) is 0 Å². The molecule has 0 amide bonds. The van der Waals surface area contributed by atoms with E-state index in [1.54, 1.807) is 12.4 Å². The van der Waals surface area contributed by atoms with Gasteiger partial charge in [-0.3, -0.25) is 0 Å². The highest BCUT2D eigenvalue weighted by atomic mass is 15.3. The van der Waals surface area contributed by atoms with Gasteiger partial charge in [-0.2, -0.15) is 0 Å². The molecule has 1 rings (SSSR count). The molecule has 3 heteroatoms. The van der Waals surface area contributed by atoms with Crippen molar-refractivity contribution >= 4 is 0 Å². The Kier molecular flexibility index (Phi) is 0.538. The molecule has 0 unspecified atom stereocenters. The lowest BCUT2D eigenvalue weighted by Crippen LogP contribution is -1.83. The summed E-state index contributed by atoms with van der Waals surface area (Å²) in [5.74, 6) is 6.73. The smallest absolute Gasteiger partial charge is 0.116 e. The van der Waals surface area contributed by atoms with Gasteiger partial charge in [-0.05, 0) is 0 Å². The zero-order chi connectivity index (χ0) is 4.41. The average molecular weight is 82.1 g/mol. The fraction of sp³-hybridized carbons (Fsp3) is 0. The van der Waals surface area contributed by atoms with Crippen molar-refractivity contribution in [1.29, 1.82) is 0 Å². The molecule has 1 heterocycles. The molecule has 0 bridgehead atoms. The monoisotopic (exact) mass is 82.0 g/mol. The maximum absolute atomic E-state index is 6.73. The quantitative estimate of drug-likeness (QED) is 0.432. The van der Waals surface area contributed by atoms with Crippen LogP contribution in [0.25, 0.3) is 0 Å². The van der Waals surface area contributed by atoms with Crippen LogP contribution < -0.4 is 5.84 Å². The average Bonchev–Trinajstić information content (AvgIpc) is 1.86. The van der Waals surface area contributed by atoms with Crippen LogP contribution in [0.2, 0.25) is 0 Å². The Bertz CT molecular complexity index is 110. The largest absolute Gasteiger partial charge is 0.243 e. The minimum Gasteiger partial charge on any atom is -0.243 e. The van der Waals surface area contributed by atoms with Crippen LogP contribution in [0.1, 0.15) is 0 Å². The molecule has 0 saturated heterocycles. The van der Waals surface area contributed by atoms with Gasteiger partial charge in [-0.1, -0.05) is 0 Å². The van der Waals surface area contributed by atoms with E-state index in [2.05, 4.69) is 4.98 Å². The van der Waals surface area contributed by atoms with Crippen LogP contribution in [0.4, 0.5) is 0 Å². The van der Waals surface area contributed by atoms with Crippen LogP contribution in [-0.2, 0) is 0 Å². The third kappa shape index (κ3) is 0.337. The van der Waals surface area contributed by atoms with Crippen molar-refractivity contribution in [2.75, 3.05) is 0 Å². The highest BCUT2D eigenvalue weighted by Gasteiger charge is 1.71. The standard InChI is InChI=1S/C3H4N3/c4-6-2-1-5-3-6/h1-4H. The van der Waals surface area contributed by atoms with Crippen LogP contribution >= 0.6 is 0 Å². The maximum atomic E-state index is 6.73. The summed E-state index contributed by atoms with van der Waals surface area (Å²) in [5.41, 5.74) is 0. The molecule has 0 aromatic carbocycles. The number of imidazole rings is 1. The molecule has 0 aliphatic heterocycles. The normalized spacial score (nSPS) is 8.67. The highest BCUT2D eigenvalue weighted by Crippen LogP contribution is 1.71. The molecule has 1 aromatic heterocycles. The minimum atomic E-state index is 1.14. The summed E-state index contributed by atoms with van der Waals surface area (Å²) in [6, 6.07) is 0. The van der Waals surface area contributed by atoms with Gasteiger partial charge in [0, 0.05) is 12.4 Å². The number of aromatic nitrogens is 2. The Morgan fingerprint density at radius 1 is 1.67 bits per heavy atom. The Morgan fingerprint density at radius 2 is 2.50 bits per heavy atom. The van der Waals surface area contributed by atoms with E-state index in [1.807, 2.05) is 0 Å². The summed E-state index contributed by atoms with van der Waals surface area (Å²) >= 11 is 0. The van der Waals surface area contributed by atoms with E-state index in [0.29, 0.717) is 0 Å². The Labute approximate surface area is 35.4 Å². The van der Waals surface area contributed by atoms with Gasteiger partial charge >= 0.3 is 0 Å². The number of nitrogens with one attached hydrogen (secondary N) is 1. The van der Waals surface area contributed by atoms with Gasteiger partial charge in [-0.15, -0.1) is 0 Å². The third-order valence-corrected chi connectivity index (χ3v) is 0.504. The second-order valence-electron chi connectivity index (χ2n) is 0.970. The summed E-state index contributed by atoms with van der Waals surface area (Å²) in [6.45, 7) is 0. The number of nitrogens with zero attached hydrogens (tertiary/aromatic N) is 2. The summed E-state index contributed by atoms with van der Waals surface area (Å²) in [4.78, 5) is 3.60. The molecule has 1 aromatic rings. The second-order valence-corrected chi connectivity index (χ2v) is 0.970. The number of hydrogen-bond acceptors (Lipinski definition) is 1. The SMILES string of the molecule is [NH]n1ccnc1. The molecule has 0 atom stereocenters. The molecule has 0 aliphatic rings. The van der Waals surface area contributed by atoms with Gasteiger partial charge in [0.25, 0.3) is 0 Å². The van der Waals surface area contributed by atoms with Crippen molar-refractivity contribution in [2.24, 2.45) is 0 Å². The summed E-state index contributed by atoms with van der Waals surface area (Å²) in [5, 5.41) is 0. The molecule has 1 N–H and O–H groups in total. The number of hydrogen-bond donors (Lipinski definition) is 0. The molecule has 1 radical (unpaired) electrons. The molecule has 6 heavy (non-hydrogen) atoms. The van der Waals surface area contributed by atoms with Gasteiger partial charge in [0.15, 0.2) is 0 Å². The molecular weight excluding hydrogens is 78.1 g/mol. The molecular formula is C3H4N3. The van der Waals surface area contributed by atoms with Crippen LogP contribution in [0, 0.1) is 0 Å². The summed E-state index contributed by atoms with van der Waals surface area (Å²) in [7, 11) is 0. The Hall–Kier alpha value is -0.990. The lowest BCUT2D eigenvalue weighted by Gasteiger charge is -1.75. The zero-order valence-electron chi connectivity index (χ0n) is 3.13. The first kappa shape index (κ1) is 3.21. The lowest BCUT2D eigenvalue weighted by molar-refractivity contribution is 0.836. The van der Waals surface area contributed by atoms with Crippen molar-refractivity contribution < 1.29 is 0 Å². The van der Waals surface area contributed by atoms with Crippen LogP contribution in [-0.4, -0.2) is 9.66 Å². The maximum Gasteiger partial charge on any atom is 0.116 e. The summed E-state index contributed by atoms with van der Waals surface area (Å²) in [6.07, 6.45) is 4.53. The number of rotatable bonds is 0. The van der Waals surface area contributed by atoms with E-state index < -0.39 is 0 Å². The first-order valence-corrected chi connectivity index (χ1v) is 1.59. The van der Waals surface area contributed by atoms with Crippen LogP contribution in [0.15, 0.2) is 18.7 Å². The van der Waals surface area contributed by atoms with Crippen molar-refractivity contribution in [3.63, 3.8) is 0 Å². The van der Waals surface area contributed by atoms with Crippen molar-refractivity contribution in [3.05, 3.63) is 18.7 Å². The van der Waals surface area contributed by atoms with Crippen molar-refractivity contribution in [3.8, 4) is 0 Å². The van der Waals surface area contributed by atoms with Crippen molar-refractivity contribution in [1.82, 2.24) is 15.5 Å². The zero-order valence-corrected chi connectivity index (χ0v) is 3.13. The Balaban J connectivity index is 3.05. The van der Waals surface area contributed by atoms with E-state index in [9.17, 15) is 0 Å². The predicted molar refractivity (Wildman–Crippen MR) is 20.7 cm³/mol. The van der Waals surface area contributed by atoms with E-state index >= 15 is 0 Å². The fourth-order valence-corrected chi connectivity index (χ4v) is 0.259. The molecule has 0 fully saturated rings. The van der Waals surface area contributed by atoms with Gasteiger partial charge in [0.2, 0.25) is 0 Å². The topological polar surface area (TPSA) is 41.6 Å².